The number of fused-ring (bicyclic) bond motifs is 3. The monoisotopic (exact) mass is 320 g/mol. The van der Waals surface area contributed by atoms with Crippen molar-refractivity contribution in [1.82, 2.24) is 5.16 Å². The molecule has 1 N–H and O–H groups in total. The lowest BCUT2D eigenvalue weighted by molar-refractivity contribution is 0.101. The summed E-state index contributed by atoms with van der Waals surface area (Å²) < 4.78 is 11.2. The van der Waals surface area contributed by atoms with Gasteiger partial charge in [0.2, 0.25) is 0 Å². The highest BCUT2D eigenvalue weighted by atomic mass is 16.5. The van der Waals surface area contributed by atoms with Crippen LogP contribution in [0.3, 0.4) is 0 Å². The molecule has 0 bridgehead atoms. The first-order chi connectivity index (χ1) is 11.8. The molecule has 0 fully saturated rings. The predicted molar refractivity (Wildman–Crippen MR) is 90.0 cm³/mol. The van der Waals surface area contributed by atoms with Crippen LogP contribution in [0.4, 0.5) is 5.69 Å². The third-order valence-corrected chi connectivity index (χ3v) is 4.15. The lowest BCUT2D eigenvalue weighted by Gasteiger charge is -2.16. The first-order valence-corrected chi connectivity index (χ1v) is 7.88. The fourth-order valence-corrected chi connectivity index (χ4v) is 2.90. The molecule has 0 spiro atoms. The van der Waals surface area contributed by atoms with Gasteiger partial charge in [0, 0.05) is 5.69 Å². The predicted octanol–water partition coefficient (Wildman–Crippen LogP) is 4.05. The topological polar surface area (TPSA) is 64.4 Å². The maximum atomic E-state index is 12.6. The Hall–Kier alpha value is -3.08. The highest BCUT2D eigenvalue weighted by Gasteiger charge is 2.28. The first kappa shape index (κ1) is 14.5. The van der Waals surface area contributed by atoms with Crippen molar-refractivity contribution in [3.05, 3.63) is 65.4 Å². The summed E-state index contributed by atoms with van der Waals surface area (Å²) in [6.45, 7) is 2.32. The second kappa shape index (κ2) is 5.85. The minimum Gasteiger partial charge on any atom is -0.488 e. The Kier molecular flexibility index (Phi) is 3.54. The van der Waals surface area contributed by atoms with E-state index in [1.54, 1.807) is 0 Å². The third kappa shape index (κ3) is 2.34. The van der Waals surface area contributed by atoms with Gasteiger partial charge >= 0.3 is 0 Å². The molecule has 4 rings (SSSR count). The molecule has 0 radical (unpaired) electrons. The number of aryl methyl sites for hydroxylation is 1. The van der Waals surface area contributed by atoms with Crippen LogP contribution in [-0.2, 0) is 13.0 Å². The molecular weight excluding hydrogens is 304 g/mol. The van der Waals surface area contributed by atoms with Gasteiger partial charge in [0.15, 0.2) is 11.5 Å². The number of carbonyl (C=O) groups excluding carboxylic acids is 1. The van der Waals surface area contributed by atoms with Crippen molar-refractivity contribution in [1.29, 1.82) is 0 Å². The SMILES string of the molecule is CCc1ccccc1NC(=O)c1noc2c1COc1ccccc1-2. The van der Waals surface area contributed by atoms with Crippen LogP contribution < -0.4 is 10.1 Å². The summed E-state index contributed by atoms with van der Waals surface area (Å²) in [4.78, 5) is 12.6. The summed E-state index contributed by atoms with van der Waals surface area (Å²) >= 11 is 0. The summed E-state index contributed by atoms with van der Waals surface area (Å²) in [5, 5.41) is 6.90. The van der Waals surface area contributed by atoms with E-state index in [2.05, 4.69) is 10.5 Å². The Bertz CT molecular complexity index is 914. The van der Waals surface area contributed by atoms with Gasteiger partial charge in [-0.05, 0) is 30.2 Å². The fraction of sp³-hybridized carbons (Fsp3) is 0.158. The van der Waals surface area contributed by atoms with E-state index in [0.717, 1.165) is 29.0 Å². The van der Waals surface area contributed by atoms with Gasteiger partial charge < -0.3 is 14.6 Å². The van der Waals surface area contributed by atoms with Crippen molar-refractivity contribution in [3.63, 3.8) is 0 Å². The van der Waals surface area contributed by atoms with Gasteiger partial charge in [-0.1, -0.05) is 42.4 Å². The molecule has 1 aliphatic heterocycles. The zero-order valence-electron chi connectivity index (χ0n) is 13.2. The summed E-state index contributed by atoms with van der Waals surface area (Å²) in [5.74, 6) is 1.05. The highest BCUT2D eigenvalue weighted by Crippen LogP contribution is 2.38. The number of hydrogen-bond donors (Lipinski definition) is 1. The van der Waals surface area contributed by atoms with Gasteiger partial charge in [-0.2, -0.15) is 0 Å². The van der Waals surface area contributed by atoms with Crippen LogP contribution >= 0.6 is 0 Å². The van der Waals surface area contributed by atoms with Crippen molar-refractivity contribution in [2.75, 3.05) is 5.32 Å². The molecule has 24 heavy (non-hydrogen) atoms. The Labute approximate surface area is 139 Å². The largest absolute Gasteiger partial charge is 0.488 e. The maximum Gasteiger partial charge on any atom is 0.278 e. The Morgan fingerprint density at radius 1 is 1.17 bits per heavy atom. The molecule has 2 heterocycles. The number of anilines is 1. The van der Waals surface area contributed by atoms with Gasteiger partial charge in [0.05, 0.1) is 11.1 Å². The molecule has 5 heteroatoms. The molecule has 0 saturated carbocycles. The molecular formula is C19H16N2O3. The molecule has 0 unspecified atom stereocenters. The molecule has 5 nitrogen and oxygen atoms in total. The van der Waals surface area contributed by atoms with E-state index in [1.807, 2.05) is 55.5 Å². The Balaban J connectivity index is 1.67. The van der Waals surface area contributed by atoms with E-state index in [1.165, 1.54) is 0 Å². The van der Waals surface area contributed by atoms with Crippen LogP contribution in [-0.4, -0.2) is 11.1 Å². The highest BCUT2D eigenvalue weighted by molar-refractivity contribution is 6.05. The summed E-state index contributed by atoms with van der Waals surface area (Å²) in [7, 11) is 0. The lowest BCUT2D eigenvalue weighted by atomic mass is 10.0. The molecule has 120 valence electrons. The summed E-state index contributed by atoms with van der Waals surface area (Å²) in [6.07, 6.45) is 0.837. The number of nitrogens with zero attached hydrogens (tertiary/aromatic N) is 1. The molecule has 1 amide bonds. The van der Waals surface area contributed by atoms with E-state index in [0.29, 0.717) is 11.3 Å². The molecule has 0 saturated heterocycles. The Morgan fingerprint density at radius 3 is 2.83 bits per heavy atom. The zero-order chi connectivity index (χ0) is 16.5. The molecule has 0 atom stereocenters. The van der Waals surface area contributed by atoms with Crippen molar-refractivity contribution in [3.8, 4) is 17.1 Å². The van der Waals surface area contributed by atoms with Crippen LogP contribution in [0.5, 0.6) is 5.75 Å². The number of carbonyl (C=O) groups is 1. The van der Waals surface area contributed by atoms with Crippen molar-refractivity contribution in [2.24, 2.45) is 0 Å². The first-order valence-electron chi connectivity index (χ1n) is 7.88. The number of hydrogen-bond acceptors (Lipinski definition) is 4. The molecule has 0 aliphatic carbocycles. The zero-order valence-corrected chi connectivity index (χ0v) is 13.2. The molecule has 1 aromatic heterocycles. The quantitative estimate of drug-likeness (QED) is 0.791. The van der Waals surface area contributed by atoms with Gasteiger partial charge in [0.1, 0.15) is 12.4 Å². The van der Waals surface area contributed by atoms with Gasteiger partial charge in [-0.25, -0.2) is 0 Å². The standard InChI is InChI=1S/C19H16N2O3/c1-2-12-7-3-5-9-15(12)20-19(22)17-14-11-23-16-10-6-4-8-13(16)18(14)24-21-17/h3-10H,2,11H2,1H3,(H,20,22). The average Bonchev–Trinajstić information content (AvgIpc) is 3.07. The van der Waals surface area contributed by atoms with Crippen molar-refractivity contribution in [2.45, 2.75) is 20.0 Å². The molecule has 1 aliphatic rings. The fourth-order valence-electron chi connectivity index (χ4n) is 2.90. The normalized spacial score (nSPS) is 12.0. The van der Waals surface area contributed by atoms with Gasteiger partial charge in [-0.3, -0.25) is 4.79 Å². The van der Waals surface area contributed by atoms with E-state index in [4.69, 9.17) is 9.26 Å². The number of nitrogens with one attached hydrogen (secondary N) is 1. The number of rotatable bonds is 3. The molecule has 2 aromatic carbocycles. The second-order valence-electron chi connectivity index (χ2n) is 5.59. The van der Waals surface area contributed by atoms with Crippen LogP contribution in [0.25, 0.3) is 11.3 Å². The second-order valence-corrected chi connectivity index (χ2v) is 5.59. The van der Waals surface area contributed by atoms with E-state index < -0.39 is 0 Å². The number of benzene rings is 2. The van der Waals surface area contributed by atoms with Crippen LogP contribution in [0.2, 0.25) is 0 Å². The van der Waals surface area contributed by atoms with E-state index in [9.17, 15) is 4.79 Å². The third-order valence-electron chi connectivity index (χ3n) is 4.15. The van der Waals surface area contributed by atoms with Crippen molar-refractivity contribution >= 4 is 11.6 Å². The maximum absolute atomic E-state index is 12.6. The van der Waals surface area contributed by atoms with Crippen LogP contribution in [0.1, 0.15) is 28.5 Å². The minimum absolute atomic E-state index is 0.269. The number of ether oxygens (including phenoxy) is 1. The van der Waals surface area contributed by atoms with E-state index >= 15 is 0 Å². The Morgan fingerprint density at radius 2 is 1.96 bits per heavy atom. The number of aromatic nitrogens is 1. The lowest BCUT2D eigenvalue weighted by Crippen LogP contribution is -2.17. The van der Waals surface area contributed by atoms with Crippen molar-refractivity contribution < 1.29 is 14.1 Å². The summed E-state index contributed by atoms with van der Waals surface area (Å²) in [6, 6.07) is 15.3. The van der Waals surface area contributed by atoms with Crippen LogP contribution in [0.15, 0.2) is 53.1 Å². The average molecular weight is 320 g/mol. The van der Waals surface area contributed by atoms with Crippen LogP contribution in [0, 0.1) is 0 Å². The smallest absolute Gasteiger partial charge is 0.278 e. The van der Waals surface area contributed by atoms with Gasteiger partial charge in [-0.15, -0.1) is 0 Å². The minimum atomic E-state index is -0.288. The number of para-hydroxylation sites is 2. The van der Waals surface area contributed by atoms with E-state index in [-0.39, 0.29) is 18.2 Å². The number of amides is 1. The molecule has 3 aromatic rings. The summed E-state index contributed by atoms with van der Waals surface area (Å²) in [5.41, 5.74) is 3.63. The van der Waals surface area contributed by atoms with Gasteiger partial charge in [0.25, 0.3) is 5.91 Å².